The molecule has 0 aliphatic carbocycles. The zero-order chi connectivity index (χ0) is 20.3. The number of aromatic hydroxyl groups is 1. The highest BCUT2D eigenvalue weighted by Gasteiger charge is 2.15. The first-order valence-electron chi connectivity index (χ1n) is 9.26. The zero-order valence-electron chi connectivity index (χ0n) is 16.7. The van der Waals surface area contributed by atoms with Crippen molar-refractivity contribution in [3.63, 3.8) is 0 Å². The normalized spacial score (nSPS) is 12.1. The molecule has 0 bridgehead atoms. The first-order valence-corrected chi connectivity index (χ1v) is 9.26. The number of methoxy groups -OCH3 is 2. The van der Waals surface area contributed by atoms with E-state index in [1.165, 1.54) is 17.0 Å². The van der Waals surface area contributed by atoms with E-state index in [0.29, 0.717) is 25.1 Å². The summed E-state index contributed by atoms with van der Waals surface area (Å²) < 4.78 is 16.0. The van der Waals surface area contributed by atoms with Gasteiger partial charge in [-0.25, -0.2) is 4.79 Å². The number of quaternary nitrogens is 1. The lowest BCUT2D eigenvalue weighted by molar-refractivity contribution is -0.907. The van der Waals surface area contributed by atoms with Crippen molar-refractivity contribution in [1.82, 2.24) is 0 Å². The highest BCUT2D eigenvalue weighted by Crippen LogP contribution is 2.27. The SMILES string of the molecule is CCc1cc2c(C[NH+](C)Cc3ccc(OC)cc3OC)cc(=O)oc2cc1O. The van der Waals surface area contributed by atoms with Crippen molar-refractivity contribution in [3.05, 3.63) is 63.5 Å². The van der Waals surface area contributed by atoms with Crippen LogP contribution in [0.2, 0.25) is 0 Å². The van der Waals surface area contributed by atoms with Gasteiger partial charge in [-0.15, -0.1) is 0 Å². The molecule has 2 N–H and O–H groups in total. The molecule has 148 valence electrons. The molecular formula is C22H26NO5+. The van der Waals surface area contributed by atoms with Crippen LogP contribution in [-0.4, -0.2) is 26.4 Å². The van der Waals surface area contributed by atoms with Crippen LogP contribution in [0.4, 0.5) is 0 Å². The molecular weight excluding hydrogens is 358 g/mol. The lowest BCUT2D eigenvalue weighted by atomic mass is 10.0. The fraction of sp³-hybridized carbons (Fsp3) is 0.318. The summed E-state index contributed by atoms with van der Waals surface area (Å²) in [4.78, 5) is 13.2. The summed E-state index contributed by atoms with van der Waals surface area (Å²) in [5, 5.41) is 10.9. The minimum absolute atomic E-state index is 0.152. The highest BCUT2D eigenvalue weighted by molar-refractivity contribution is 5.82. The van der Waals surface area contributed by atoms with Crippen molar-refractivity contribution in [2.75, 3.05) is 21.3 Å². The van der Waals surface area contributed by atoms with Gasteiger partial charge >= 0.3 is 5.63 Å². The zero-order valence-corrected chi connectivity index (χ0v) is 16.7. The predicted octanol–water partition coefficient (Wildman–Crippen LogP) is 2.29. The van der Waals surface area contributed by atoms with Crippen LogP contribution in [0.5, 0.6) is 17.2 Å². The summed E-state index contributed by atoms with van der Waals surface area (Å²) in [7, 11) is 5.33. The van der Waals surface area contributed by atoms with Crippen molar-refractivity contribution in [3.8, 4) is 17.2 Å². The summed E-state index contributed by atoms with van der Waals surface area (Å²) in [5.41, 5.74) is 2.77. The molecule has 3 rings (SSSR count). The van der Waals surface area contributed by atoms with Crippen molar-refractivity contribution in [2.24, 2.45) is 0 Å². The number of hydrogen-bond acceptors (Lipinski definition) is 5. The van der Waals surface area contributed by atoms with Gasteiger partial charge in [0.05, 0.1) is 21.3 Å². The average Bonchev–Trinajstić information content (AvgIpc) is 2.67. The van der Waals surface area contributed by atoms with E-state index in [1.54, 1.807) is 14.2 Å². The second kappa shape index (κ2) is 8.35. The molecule has 0 spiro atoms. The lowest BCUT2D eigenvalue weighted by Gasteiger charge is -2.17. The van der Waals surface area contributed by atoms with Gasteiger partial charge in [0.15, 0.2) is 0 Å². The monoisotopic (exact) mass is 384 g/mol. The van der Waals surface area contributed by atoms with Crippen molar-refractivity contribution in [2.45, 2.75) is 26.4 Å². The summed E-state index contributed by atoms with van der Waals surface area (Å²) in [6, 6.07) is 10.7. The Bertz CT molecular complexity index is 1040. The number of benzene rings is 2. The van der Waals surface area contributed by atoms with Gasteiger partial charge in [0, 0.05) is 34.7 Å². The van der Waals surface area contributed by atoms with Gasteiger partial charge < -0.3 is 23.9 Å². The Morgan fingerprint density at radius 2 is 1.75 bits per heavy atom. The standard InChI is InChI=1S/C22H25NO5/c1-5-14-8-18-16(9-22(25)28-21(18)11-19(14)24)13-23(2)12-15-6-7-17(26-3)10-20(15)27-4/h6-11,24H,5,12-13H2,1-4H3/p+1. The molecule has 1 atom stereocenters. The van der Waals surface area contributed by atoms with Crippen LogP contribution in [0, 0.1) is 0 Å². The summed E-state index contributed by atoms with van der Waals surface area (Å²) in [6.07, 6.45) is 0.700. The molecule has 0 radical (unpaired) electrons. The van der Waals surface area contributed by atoms with Gasteiger partial charge in [0.25, 0.3) is 0 Å². The molecule has 0 aliphatic heterocycles. The molecule has 0 fully saturated rings. The Balaban J connectivity index is 1.91. The largest absolute Gasteiger partial charge is 0.508 e. The van der Waals surface area contributed by atoms with Gasteiger partial charge in [0.2, 0.25) is 0 Å². The number of nitrogens with one attached hydrogen (secondary N) is 1. The Morgan fingerprint density at radius 3 is 2.43 bits per heavy atom. The first-order chi connectivity index (χ1) is 13.4. The lowest BCUT2D eigenvalue weighted by Crippen LogP contribution is -3.06. The van der Waals surface area contributed by atoms with E-state index < -0.39 is 5.63 Å². The number of ether oxygens (including phenoxy) is 2. The fourth-order valence-electron chi connectivity index (χ4n) is 3.45. The van der Waals surface area contributed by atoms with E-state index in [1.807, 2.05) is 31.2 Å². The third-order valence-electron chi connectivity index (χ3n) is 4.89. The molecule has 0 aliphatic rings. The molecule has 3 aromatic rings. The second-order valence-corrected chi connectivity index (χ2v) is 6.91. The number of hydrogen-bond donors (Lipinski definition) is 2. The average molecular weight is 384 g/mol. The van der Waals surface area contributed by atoms with E-state index in [9.17, 15) is 9.90 Å². The number of phenols is 1. The van der Waals surface area contributed by atoms with Crippen LogP contribution in [0.1, 0.15) is 23.6 Å². The Morgan fingerprint density at radius 1 is 1.00 bits per heavy atom. The predicted molar refractivity (Wildman–Crippen MR) is 107 cm³/mol. The molecule has 1 unspecified atom stereocenters. The van der Waals surface area contributed by atoms with Gasteiger partial charge in [-0.2, -0.15) is 0 Å². The van der Waals surface area contributed by atoms with E-state index in [2.05, 4.69) is 7.05 Å². The summed E-state index contributed by atoms with van der Waals surface area (Å²) in [5.74, 6) is 1.67. The van der Waals surface area contributed by atoms with Crippen molar-refractivity contribution >= 4 is 11.0 Å². The molecule has 0 saturated heterocycles. The summed E-state index contributed by atoms with van der Waals surface area (Å²) in [6.45, 7) is 3.33. The van der Waals surface area contributed by atoms with Crippen molar-refractivity contribution < 1.29 is 23.9 Å². The topological polar surface area (TPSA) is 73.3 Å². The van der Waals surface area contributed by atoms with Gasteiger partial charge in [-0.05, 0) is 30.2 Å². The summed E-state index contributed by atoms with van der Waals surface area (Å²) >= 11 is 0. The number of fused-ring (bicyclic) bond motifs is 1. The van der Waals surface area contributed by atoms with Crippen LogP contribution in [0.15, 0.2) is 45.6 Å². The molecule has 1 aromatic heterocycles. The van der Waals surface area contributed by atoms with Crippen LogP contribution < -0.4 is 20.0 Å². The van der Waals surface area contributed by atoms with Gasteiger partial charge in [-0.1, -0.05) is 6.92 Å². The Kier molecular flexibility index (Phi) is 5.90. The van der Waals surface area contributed by atoms with E-state index in [0.717, 1.165) is 33.6 Å². The molecule has 6 heteroatoms. The van der Waals surface area contributed by atoms with E-state index in [-0.39, 0.29) is 5.75 Å². The van der Waals surface area contributed by atoms with Gasteiger partial charge in [0.1, 0.15) is 35.9 Å². The van der Waals surface area contributed by atoms with Crippen LogP contribution >= 0.6 is 0 Å². The first kappa shape index (κ1) is 19.8. The molecule has 0 amide bonds. The Hall–Kier alpha value is -2.99. The number of phenolic OH excluding ortho intramolecular Hbond substituents is 1. The fourth-order valence-corrected chi connectivity index (χ4v) is 3.45. The minimum atomic E-state index is -0.416. The third-order valence-corrected chi connectivity index (χ3v) is 4.89. The van der Waals surface area contributed by atoms with Crippen molar-refractivity contribution in [1.29, 1.82) is 0 Å². The maximum absolute atomic E-state index is 12.0. The maximum atomic E-state index is 12.0. The van der Waals surface area contributed by atoms with Crippen LogP contribution in [0.3, 0.4) is 0 Å². The quantitative estimate of drug-likeness (QED) is 0.612. The molecule has 28 heavy (non-hydrogen) atoms. The smallest absolute Gasteiger partial charge is 0.336 e. The van der Waals surface area contributed by atoms with Crippen LogP contribution in [-0.2, 0) is 19.5 Å². The number of aryl methyl sites for hydroxylation is 1. The van der Waals surface area contributed by atoms with Gasteiger partial charge in [-0.3, -0.25) is 0 Å². The molecule has 2 aromatic carbocycles. The highest BCUT2D eigenvalue weighted by atomic mass is 16.5. The third kappa shape index (κ3) is 4.12. The van der Waals surface area contributed by atoms with E-state index >= 15 is 0 Å². The Labute approximate surface area is 163 Å². The number of rotatable bonds is 7. The van der Waals surface area contributed by atoms with Crippen LogP contribution in [0.25, 0.3) is 11.0 Å². The second-order valence-electron chi connectivity index (χ2n) is 6.91. The molecule has 0 saturated carbocycles. The minimum Gasteiger partial charge on any atom is -0.508 e. The molecule has 1 heterocycles. The molecule has 6 nitrogen and oxygen atoms in total. The maximum Gasteiger partial charge on any atom is 0.336 e. The van der Waals surface area contributed by atoms with E-state index in [4.69, 9.17) is 13.9 Å².